The van der Waals surface area contributed by atoms with E-state index in [1.165, 1.54) is 0 Å². The van der Waals surface area contributed by atoms with Gasteiger partial charge < -0.3 is 4.74 Å². The minimum Gasteiger partial charge on any atom is -0.426 e. The quantitative estimate of drug-likeness (QED) is 0.311. The lowest BCUT2D eigenvalue weighted by molar-refractivity contribution is -0.176. The van der Waals surface area contributed by atoms with E-state index in [9.17, 15) is 4.79 Å². The summed E-state index contributed by atoms with van der Waals surface area (Å²) in [5.41, 5.74) is 0.589. The van der Waals surface area contributed by atoms with Gasteiger partial charge in [0.15, 0.2) is 0 Å². The van der Waals surface area contributed by atoms with Crippen LogP contribution in [-0.4, -0.2) is 14.5 Å². The Kier molecular flexibility index (Phi) is 4.10. The Labute approximate surface area is 156 Å². The van der Waals surface area contributed by atoms with Crippen LogP contribution < -0.4 is 4.74 Å². The molecule has 3 aliphatic rings. The zero-order valence-corrected chi connectivity index (χ0v) is 17.6. The van der Waals surface area contributed by atoms with Crippen molar-refractivity contribution in [2.24, 2.45) is 16.2 Å². The number of rotatable bonds is 3. The van der Waals surface area contributed by atoms with E-state index in [0.717, 1.165) is 18.4 Å². The van der Waals surface area contributed by atoms with Crippen molar-refractivity contribution in [2.45, 2.75) is 42.2 Å². The van der Waals surface area contributed by atoms with Gasteiger partial charge in [-0.05, 0) is 37.3 Å². The summed E-state index contributed by atoms with van der Waals surface area (Å²) in [6.45, 7) is 6.39. The molecule has 5 heteroatoms. The van der Waals surface area contributed by atoms with Crippen molar-refractivity contribution >= 4 is 53.8 Å². The van der Waals surface area contributed by atoms with E-state index in [1.54, 1.807) is 0 Å². The highest BCUT2D eigenvalue weighted by atomic mass is 79.9. The number of aryl methyl sites for hydroxylation is 1. The van der Waals surface area contributed by atoms with Gasteiger partial charge in [-0.15, -0.1) is 0 Å². The molecule has 3 fully saturated rings. The number of alkyl halides is 3. The van der Waals surface area contributed by atoms with Crippen LogP contribution in [-0.2, 0) is 4.79 Å². The molecule has 0 aromatic heterocycles. The number of ether oxygens (including phenoxy) is 1. The van der Waals surface area contributed by atoms with Crippen LogP contribution >= 0.6 is 47.8 Å². The van der Waals surface area contributed by atoms with E-state index < -0.39 is 5.41 Å². The molecule has 3 aliphatic carbocycles. The normalized spacial score (nSPS) is 35.3. The minimum atomic E-state index is -0.461. The molecular weight excluding hydrogens is 476 g/mol. The van der Waals surface area contributed by atoms with Gasteiger partial charge >= 0.3 is 5.97 Å². The van der Waals surface area contributed by atoms with Gasteiger partial charge in [0, 0.05) is 10.2 Å². The molecule has 4 rings (SSSR count). The van der Waals surface area contributed by atoms with Gasteiger partial charge in [0.05, 0.1) is 9.15 Å². The molecule has 2 bridgehead atoms. The molecule has 0 heterocycles. The minimum absolute atomic E-state index is 0.0271. The van der Waals surface area contributed by atoms with Crippen molar-refractivity contribution in [3.63, 3.8) is 0 Å². The van der Waals surface area contributed by atoms with Crippen molar-refractivity contribution in [3.8, 4) is 5.75 Å². The third-order valence-corrected chi connectivity index (χ3v) is 9.31. The molecule has 2 nitrogen and oxygen atoms in total. The Hall–Kier alpha value is 0.130. The first-order chi connectivity index (χ1) is 10.2. The van der Waals surface area contributed by atoms with Gasteiger partial charge in [-0.25, -0.2) is 0 Å². The molecule has 120 valence electrons. The van der Waals surface area contributed by atoms with Gasteiger partial charge in [-0.3, -0.25) is 4.79 Å². The molecule has 0 amide bonds. The average molecular weight is 495 g/mol. The molecule has 1 aromatic rings. The summed E-state index contributed by atoms with van der Waals surface area (Å²) in [6.07, 6.45) is 1.86. The number of carbonyl (C=O) groups excluding carboxylic acids is 1. The SMILES string of the molecule is Cc1ccc(OC(=O)C23CCC(C(Br)Br)(C2Br)C3(C)C)cc1. The third-order valence-electron chi connectivity index (χ3n) is 6.08. The smallest absolute Gasteiger partial charge is 0.319 e. The van der Waals surface area contributed by atoms with Crippen LogP contribution in [0.25, 0.3) is 0 Å². The van der Waals surface area contributed by atoms with Crippen molar-refractivity contribution in [1.29, 1.82) is 0 Å². The second-order valence-corrected chi connectivity index (χ2v) is 11.0. The van der Waals surface area contributed by atoms with Crippen LogP contribution in [0.2, 0.25) is 0 Å². The molecule has 3 unspecified atom stereocenters. The maximum Gasteiger partial charge on any atom is 0.319 e. The highest BCUT2D eigenvalue weighted by molar-refractivity contribution is 9.24. The number of halogens is 3. The molecule has 3 atom stereocenters. The summed E-state index contributed by atoms with van der Waals surface area (Å²) in [4.78, 5) is 13.1. The van der Waals surface area contributed by atoms with Crippen molar-refractivity contribution in [1.82, 2.24) is 0 Å². The van der Waals surface area contributed by atoms with Crippen LogP contribution in [0.4, 0.5) is 0 Å². The molecular formula is C17H19Br3O2. The molecule has 22 heavy (non-hydrogen) atoms. The Bertz CT molecular complexity index is 611. The Balaban J connectivity index is 1.89. The summed E-state index contributed by atoms with van der Waals surface area (Å²) in [6, 6.07) is 7.64. The molecule has 0 spiro atoms. The van der Waals surface area contributed by atoms with E-state index in [2.05, 4.69) is 61.6 Å². The highest BCUT2D eigenvalue weighted by Gasteiger charge is 2.84. The van der Waals surface area contributed by atoms with Crippen molar-refractivity contribution < 1.29 is 9.53 Å². The largest absolute Gasteiger partial charge is 0.426 e. The summed E-state index contributed by atoms with van der Waals surface area (Å²) < 4.78 is 5.90. The number of hydrogen-bond acceptors (Lipinski definition) is 2. The van der Waals surface area contributed by atoms with Crippen LogP contribution in [0.3, 0.4) is 0 Å². The first kappa shape index (κ1) is 17.0. The van der Waals surface area contributed by atoms with E-state index in [1.807, 2.05) is 31.2 Å². The maximum absolute atomic E-state index is 13.0. The standard InChI is InChI=1S/C17H19Br3O2/c1-10-4-6-11(7-5-10)22-14(21)17-9-8-16(12(17)18,13(19)20)15(17,2)3/h4-7,12-13H,8-9H2,1-3H3. The summed E-state index contributed by atoms with van der Waals surface area (Å²) >= 11 is 11.2. The van der Waals surface area contributed by atoms with Gasteiger partial charge in [0.25, 0.3) is 0 Å². The lowest BCUT2D eigenvalue weighted by Crippen LogP contribution is -2.71. The number of fused-ring (bicyclic) bond motifs is 1. The van der Waals surface area contributed by atoms with Crippen molar-refractivity contribution in [2.75, 3.05) is 0 Å². The zero-order valence-electron chi connectivity index (χ0n) is 12.8. The predicted octanol–water partition coefficient (Wildman–Crippen LogP) is 5.59. The van der Waals surface area contributed by atoms with E-state index in [-0.39, 0.29) is 25.4 Å². The molecule has 0 aliphatic heterocycles. The first-order valence-corrected chi connectivity index (χ1v) is 10.2. The maximum atomic E-state index is 13.0. The van der Waals surface area contributed by atoms with Crippen LogP contribution in [0.5, 0.6) is 5.75 Å². The molecule has 0 N–H and O–H groups in total. The van der Waals surface area contributed by atoms with Gasteiger partial charge in [-0.1, -0.05) is 79.3 Å². The van der Waals surface area contributed by atoms with E-state index >= 15 is 0 Å². The fraction of sp³-hybridized carbons (Fsp3) is 0.588. The van der Waals surface area contributed by atoms with Gasteiger partial charge in [0.1, 0.15) is 5.75 Å². The Morgan fingerprint density at radius 1 is 1.23 bits per heavy atom. The fourth-order valence-corrected chi connectivity index (χ4v) is 9.35. The number of hydrogen-bond donors (Lipinski definition) is 0. The van der Waals surface area contributed by atoms with Crippen LogP contribution in [0, 0.1) is 23.2 Å². The number of benzene rings is 1. The lowest BCUT2D eigenvalue weighted by Gasteiger charge is -2.65. The highest BCUT2D eigenvalue weighted by Crippen LogP contribution is 2.82. The van der Waals surface area contributed by atoms with Gasteiger partial charge in [0.2, 0.25) is 0 Å². The molecule has 0 radical (unpaired) electrons. The topological polar surface area (TPSA) is 26.3 Å². The van der Waals surface area contributed by atoms with Crippen LogP contribution in [0.1, 0.15) is 32.3 Å². The Morgan fingerprint density at radius 3 is 2.27 bits per heavy atom. The zero-order chi connectivity index (χ0) is 16.3. The first-order valence-electron chi connectivity index (χ1n) is 7.41. The van der Waals surface area contributed by atoms with Gasteiger partial charge in [-0.2, -0.15) is 0 Å². The predicted molar refractivity (Wildman–Crippen MR) is 99.1 cm³/mol. The second-order valence-electron chi connectivity index (χ2n) is 7.00. The monoisotopic (exact) mass is 492 g/mol. The number of carbonyl (C=O) groups is 1. The van der Waals surface area contributed by atoms with Crippen LogP contribution in [0.15, 0.2) is 24.3 Å². The second kappa shape index (κ2) is 5.32. The fourth-order valence-electron chi connectivity index (χ4n) is 4.45. The van der Waals surface area contributed by atoms with Crippen molar-refractivity contribution in [3.05, 3.63) is 29.8 Å². The molecule has 1 aromatic carbocycles. The van der Waals surface area contributed by atoms with E-state index in [0.29, 0.717) is 5.75 Å². The summed E-state index contributed by atoms with van der Waals surface area (Å²) in [5.74, 6) is 0.510. The molecule has 0 saturated heterocycles. The summed E-state index contributed by atoms with van der Waals surface area (Å²) in [7, 11) is 0. The Morgan fingerprint density at radius 2 is 1.82 bits per heavy atom. The number of esters is 1. The summed E-state index contributed by atoms with van der Waals surface area (Å²) in [5, 5.41) is 0. The molecule has 3 saturated carbocycles. The average Bonchev–Trinajstić information content (AvgIpc) is 2.91. The third kappa shape index (κ3) is 1.85. The lowest BCUT2D eigenvalue weighted by atomic mass is 9.43. The van der Waals surface area contributed by atoms with E-state index in [4.69, 9.17) is 4.74 Å².